The minimum Gasteiger partial charge on any atom is -0.356 e. The average Bonchev–Trinajstić information content (AvgIpc) is 2.48. The standard InChI is InChI=1S/C16H29F3N4O/c1-11(2)9-20-15(21-10-14(24)23(3)4)22-13-7-5-6-12(8-13)16(17,18)19/h11-13H,5-10H2,1-4H3,(H2,20,21,22). The lowest BCUT2D eigenvalue weighted by Gasteiger charge is -2.32. The van der Waals surface area contributed by atoms with Crippen molar-refractivity contribution in [1.29, 1.82) is 0 Å². The largest absolute Gasteiger partial charge is 0.391 e. The zero-order valence-corrected chi connectivity index (χ0v) is 14.9. The lowest BCUT2D eigenvalue weighted by Crippen LogP contribution is -2.48. The van der Waals surface area contributed by atoms with Crippen molar-refractivity contribution >= 4 is 11.9 Å². The lowest BCUT2D eigenvalue weighted by atomic mass is 9.85. The summed E-state index contributed by atoms with van der Waals surface area (Å²) >= 11 is 0. The molecule has 0 spiro atoms. The van der Waals surface area contributed by atoms with Crippen LogP contribution in [0.4, 0.5) is 13.2 Å². The quantitative estimate of drug-likeness (QED) is 0.591. The van der Waals surface area contributed by atoms with Gasteiger partial charge in [-0.05, 0) is 25.2 Å². The summed E-state index contributed by atoms with van der Waals surface area (Å²) in [4.78, 5) is 17.3. The van der Waals surface area contributed by atoms with E-state index in [1.54, 1.807) is 14.1 Å². The van der Waals surface area contributed by atoms with Crippen molar-refractivity contribution in [2.45, 2.75) is 51.7 Å². The van der Waals surface area contributed by atoms with E-state index in [1.165, 1.54) is 4.90 Å². The first-order chi connectivity index (χ1) is 11.1. The molecule has 1 aliphatic carbocycles. The summed E-state index contributed by atoms with van der Waals surface area (Å²) < 4.78 is 38.8. The fourth-order valence-electron chi connectivity index (χ4n) is 2.55. The number of hydrogen-bond acceptors (Lipinski definition) is 2. The Morgan fingerprint density at radius 2 is 1.96 bits per heavy atom. The molecule has 0 bridgehead atoms. The molecule has 5 nitrogen and oxygen atoms in total. The van der Waals surface area contributed by atoms with Crippen molar-refractivity contribution in [1.82, 2.24) is 15.5 Å². The molecular formula is C16H29F3N4O. The molecule has 24 heavy (non-hydrogen) atoms. The van der Waals surface area contributed by atoms with Gasteiger partial charge < -0.3 is 15.5 Å². The van der Waals surface area contributed by atoms with Gasteiger partial charge in [-0.3, -0.25) is 4.79 Å². The third-order valence-corrected chi connectivity index (χ3v) is 4.03. The van der Waals surface area contributed by atoms with E-state index in [0.29, 0.717) is 31.3 Å². The molecule has 0 aromatic carbocycles. The highest BCUT2D eigenvalue weighted by Crippen LogP contribution is 2.37. The Kier molecular flexibility index (Phi) is 7.83. The van der Waals surface area contributed by atoms with Gasteiger partial charge in [-0.2, -0.15) is 13.2 Å². The fourth-order valence-corrected chi connectivity index (χ4v) is 2.55. The number of carbonyl (C=O) groups is 1. The van der Waals surface area contributed by atoms with E-state index in [-0.39, 0.29) is 31.3 Å². The van der Waals surface area contributed by atoms with Crippen LogP contribution in [0.1, 0.15) is 39.5 Å². The molecule has 1 fully saturated rings. The van der Waals surface area contributed by atoms with E-state index in [1.807, 2.05) is 13.8 Å². The van der Waals surface area contributed by atoms with Crippen LogP contribution in [0.15, 0.2) is 4.99 Å². The maximum Gasteiger partial charge on any atom is 0.391 e. The predicted octanol–water partition coefficient (Wildman–Crippen LogP) is 2.39. The van der Waals surface area contributed by atoms with Gasteiger partial charge in [0, 0.05) is 26.7 Å². The molecule has 0 aromatic heterocycles. The predicted molar refractivity (Wildman–Crippen MR) is 88.8 cm³/mol. The summed E-state index contributed by atoms with van der Waals surface area (Å²) in [5.41, 5.74) is 0. The zero-order valence-electron chi connectivity index (χ0n) is 14.9. The molecule has 0 saturated heterocycles. The third-order valence-electron chi connectivity index (χ3n) is 4.03. The number of nitrogens with one attached hydrogen (secondary N) is 2. The fraction of sp³-hybridized carbons (Fsp3) is 0.875. The molecular weight excluding hydrogens is 321 g/mol. The first-order valence-electron chi connectivity index (χ1n) is 8.41. The Morgan fingerprint density at radius 3 is 2.50 bits per heavy atom. The van der Waals surface area contributed by atoms with Crippen LogP contribution in [-0.2, 0) is 4.79 Å². The summed E-state index contributed by atoms with van der Waals surface area (Å²) in [6.45, 7) is 4.65. The number of alkyl halides is 3. The first-order valence-corrected chi connectivity index (χ1v) is 8.41. The van der Waals surface area contributed by atoms with Crippen LogP contribution in [0.3, 0.4) is 0 Å². The van der Waals surface area contributed by atoms with Crippen molar-refractivity contribution in [2.24, 2.45) is 16.8 Å². The number of halogens is 3. The topological polar surface area (TPSA) is 56.7 Å². The number of likely N-dealkylation sites (N-methyl/N-ethyl adjacent to an activating group) is 1. The summed E-state index contributed by atoms with van der Waals surface area (Å²) in [5.74, 6) is -0.654. The first kappa shape index (κ1) is 20.6. The SMILES string of the molecule is CC(C)CNC(=NCC(=O)N(C)C)NC1CCCC(C(F)(F)F)C1. The highest BCUT2D eigenvalue weighted by atomic mass is 19.4. The Bertz CT molecular complexity index is 436. The number of hydrogen-bond donors (Lipinski definition) is 2. The van der Waals surface area contributed by atoms with Crippen molar-refractivity contribution < 1.29 is 18.0 Å². The van der Waals surface area contributed by atoms with E-state index in [0.717, 1.165) is 0 Å². The van der Waals surface area contributed by atoms with Gasteiger partial charge >= 0.3 is 6.18 Å². The molecule has 0 aliphatic heterocycles. The van der Waals surface area contributed by atoms with E-state index in [4.69, 9.17) is 0 Å². The molecule has 1 amide bonds. The molecule has 0 aromatic rings. The number of aliphatic imine (C=N–C) groups is 1. The van der Waals surface area contributed by atoms with Crippen LogP contribution >= 0.6 is 0 Å². The van der Waals surface area contributed by atoms with Crippen LogP contribution < -0.4 is 10.6 Å². The summed E-state index contributed by atoms with van der Waals surface area (Å²) in [5, 5.41) is 6.18. The monoisotopic (exact) mass is 350 g/mol. The Hall–Kier alpha value is -1.47. The number of carbonyl (C=O) groups excluding carboxylic acids is 1. The second kappa shape index (κ2) is 9.13. The molecule has 8 heteroatoms. The molecule has 0 radical (unpaired) electrons. The van der Waals surface area contributed by atoms with E-state index >= 15 is 0 Å². The Morgan fingerprint density at radius 1 is 1.29 bits per heavy atom. The van der Waals surface area contributed by atoms with Crippen LogP contribution in [0.5, 0.6) is 0 Å². The molecule has 1 aliphatic rings. The third kappa shape index (κ3) is 7.40. The van der Waals surface area contributed by atoms with Crippen molar-refractivity contribution in [2.75, 3.05) is 27.2 Å². The lowest BCUT2D eigenvalue weighted by molar-refractivity contribution is -0.183. The van der Waals surface area contributed by atoms with E-state index < -0.39 is 12.1 Å². The highest BCUT2D eigenvalue weighted by Gasteiger charge is 2.42. The van der Waals surface area contributed by atoms with Gasteiger partial charge in [0.2, 0.25) is 5.91 Å². The minimum atomic E-state index is -4.15. The molecule has 1 rings (SSSR count). The average molecular weight is 350 g/mol. The van der Waals surface area contributed by atoms with Gasteiger partial charge in [0.05, 0.1) is 5.92 Å². The molecule has 1 saturated carbocycles. The van der Waals surface area contributed by atoms with Gasteiger partial charge in [0.25, 0.3) is 0 Å². The maximum atomic E-state index is 12.9. The molecule has 2 atom stereocenters. The van der Waals surface area contributed by atoms with Crippen molar-refractivity contribution in [3.8, 4) is 0 Å². The van der Waals surface area contributed by atoms with Crippen LogP contribution in [-0.4, -0.2) is 56.2 Å². The second-order valence-corrected chi connectivity index (χ2v) is 6.97. The number of amides is 1. The van der Waals surface area contributed by atoms with Gasteiger partial charge in [-0.15, -0.1) is 0 Å². The second-order valence-electron chi connectivity index (χ2n) is 6.97. The number of guanidine groups is 1. The van der Waals surface area contributed by atoms with Crippen molar-refractivity contribution in [3.63, 3.8) is 0 Å². The smallest absolute Gasteiger partial charge is 0.356 e. The van der Waals surface area contributed by atoms with E-state index in [2.05, 4.69) is 15.6 Å². The number of rotatable bonds is 5. The zero-order chi connectivity index (χ0) is 18.3. The van der Waals surface area contributed by atoms with Gasteiger partial charge in [0.15, 0.2) is 5.96 Å². The van der Waals surface area contributed by atoms with Crippen LogP contribution in [0.25, 0.3) is 0 Å². The van der Waals surface area contributed by atoms with Crippen LogP contribution in [0, 0.1) is 11.8 Å². The number of nitrogens with zero attached hydrogens (tertiary/aromatic N) is 2. The van der Waals surface area contributed by atoms with Gasteiger partial charge in [0.1, 0.15) is 6.54 Å². The Labute approximate surface area is 142 Å². The minimum absolute atomic E-state index is 0.0319. The van der Waals surface area contributed by atoms with Gasteiger partial charge in [-0.25, -0.2) is 4.99 Å². The highest BCUT2D eigenvalue weighted by molar-refractivity contribution is 5.84. The molecule has 0 heterocycles. The normalized spacial score (nSPS) is 22.4. The van der Waals surface area contributed by atoms with Crippen molar-refractivity contribution in [3.05, 3.63) is 0 Å². The van der Waals surface area contributed by atoms with Crippen LogP contribution in [0.2, 0.25) is 0 Å². The maximum absolute atomic E-state index is 12.9. The summed E-state index contributed by atoms with van der Waals surface area (Å²) in [6, 6.07) is -0.279. The summed E-state index contributed by atoms with van der Waals surface area (Å²) in [7, 11) is 3.28. The Balaban J connectivity index is 2.69. The molecule has 2 unspecified atom stereocenters. The van der Waals surface area contributed by atoms with E-state index in [9.17, 15) is 18.0 Å². The van der Waals surface area contributed by atoms with Gasteiger partial charge in [-0.1, -0.05) is 20.3 Å². The molecule has 140 valence electrons. The summed E-state index contributed by atoms with van der Waals surface area (Å²) in [6.07, 6.45) is -2.70. The molecule has 2 N–H and O–H groups in total.